The summed E-state index contributed by atoms with van der Waals surface area (Å²) in [4.78, 5) is 13.2. The molecular formula is C19H15Cl2N3S. The van der Waals surface area contributed by atoms with Crippen LogP contribution >= 0.6 is 34.5 Å². The highest BCUT2D eigenvalue weighted by Gasteiger charge is 2.13. The number of aromatic nitrogens is 3. The summed E-state index contributed by atoms with van der Waals surface area (Å²) in [5, 5.41) is 3.56. The van der Waals surface area contributed by atoms with Crippen molar-refractivity contribution in [1.29, 1.82) is 0 Å². The van der Waals surface area contributed by atoms with Gasteiger partial charge >= 0.3 is 0 Å². The van der Waals surface area contributed by atoms with Gasteiger partial charge in [0, 0.05) is 40.5 Å². The van der Waals surface area contributed by atoms with Gasteiger partial charge in [-0.3, -0.25) is 0 Å². The zero-order valence-corrected chi connectivity index (χ0v) is 15.6. The largest absolute Gasteiger partial charge is 0.346 e. The molecule has 25 heavy (non-hydrogen) atoms. The molecule has 0 radical (unpaired) electrons. The highest BCUT2D eigenvalue weighted by Crippen LogP contribution is 2.29. The second-order valence-corrected chi connectivity index (χ2v) is 7.80. The molecule has 3 nitrogen and oxygen atoms in total. The summed E-state index contributed by atoms with van der Waals surface area (Å²) in [6.45, 7) is 0. The molecule has 0 aliphatic heterocycles. The Kier molecular flexibility index (Phi) is 4.75. The molecule has 1 aromatic carbocycles. The highest BCUT2D eigenvalue weighted by atomic mass is 35.5. The van der Waals surface area contributed by atoms with Crippen LogP contribution in [0.3, 0.4) is 0 Å². The van der Waals surface area contributed by atoms with E-state index in [-0.39, 0.29) is 0 Å². The van der Waals surface area contributed by atoms with Gasteiger partial charge in [-0.1, -0.05) is 35.3 Å². The molecule has 0 saturated carbocycles. The standard InChI is InChI=1S/C19H15Cl2N3S/c20-14-6-3-12(4-7-14)5-8-17-24-18(21)16(25-17)10-13-11-23-19-15(13)2-1-9-22-19/h1-4,6-7,9,11H,5,8,10H2,(H,22,23). The van der Waals surface area contributed by atoms with Gasteiger partial charge < -0.3 is 4.98 Å². The van der Waals surface area contributed by atoms with Gasteiger partial charge in [0.05, 0.1) is 5.01 Å². The second-order valence-electron chi connectivity index (χ2n) is 5.84. The highest BCUT2D eigenvalue weighted by molar-refractivity contribution is 7.12. The van der Waals surface area contributed by atoms with Crippen molar-refractivity contribution in [2.24, 2.45) is 0 Å². The first kappa shape index (κ1) is 16.6. The minimum Gasteiger partial charge on any atom is -0.346 e. The Morgan fingerprint density at radius 2 is 1.88 bits per heavy atom. The minimum atomic E-state index is 0.606. The number of benzene rings is 1. The molecule has 3 aromatic heterocycles. The van der Waals surface area contributed by atoms with E-state index in [0.717, 1.165) is 45.2 Å². The van der Waals surface area contributed by atoms with Crippen LogP contribution in [0.4, 0.5) is 0 Å². The van der Waals surface area contributed by atoms with E-state index < -0.39 is 0 Å². The molecule has 4 rings (SSSR count). The van der Waals surface area contributed by atoms with E-state index in [2.05, 4.69) is 33.2 Å². The van der Waals surface area contributed by atoms with Gasteiger partial charge in [-0.05, 0) is 41.8 Å². The van der Waals surface area contributed by atoms with Crippen LogP contribution in [0.15, 0.2) is 48.8 Å². The molecule has 0 saturated heterocycles. The Bertz CT molecular complexity index is 1010. The summed E-state index contributed by atoms with van der Waals surface area (Å²) in [5.41, 5.74) is 3.35. The molecule has 0 atom stereocenters. The normalized spacial score (nSPS) is 11.3. The topological polar surface area (TPSA) is 41.6 Å². The van der Waals surface area contributed by atoms with E-state index in [0.29, 0.717) is 5.15 Å². The zero-order chi connectivity index (χ0) is 17.2. The van der Waals surface area contributed by atoms with Crippen LogP contribution in [0.2, 0.25) is 10.2 Å². The van der Waals surface area contributed by atoms with Crippen LogP contribution in [0, 0.1) is 0 Å². The number of aromatic amines is 1. The number of aryl methyl sites for hydroxylation is 2. The molecule has 0 amide bonds. The van der Waals surface area contributed by atoms with Gasteiger partial charge in [0.2, 0.25) is 0 Å². The number of nitrogens with one attached hydrogen (secondary N) is 1. The minimum absolute atomic E-state index is 0.606. The Morgan fingerprint density at radius 1 is 1.04 bits per heavy atom. The van der Waals surface area contributed by atoms with Crippen LogP contribution in [-0.2, 0) is 19.3 Å². The van der Waals surface area contributed by atoms with Crippen LogP contribution in [-0.4, -0.2) is 15.0 Å². The van der Waals surface area contributed by atoms with Gasteiger partial charge in [0.25, 0.3) is 0 Å². The number of hydrogen-bond donors (Lipinski definition) is 1. The molecule has 0 unspecified atom stereocenters. The van der Waals surface area contributed by atoms with Crippen molar-refractivity contribution < 1.29 is 0 Å². The average Bonchev–Trinajstić information content (AvgIpc) is 3.19. The molecule has 1 N–H and O–H groups in total. The van der Waals surface area contributed by atoms with E-state index in [1.54, 1.807) is 17.5 Å². The maximum Gasteiger partial charge on any atom is 0.143 e. The van der Waals surface area contributed by atoms with E-state index in [1.807, 2.05) is 24.4 Å². The summed E-state index contributed by atoms with van der Waals surface area (Å²) < 4.78 is 0. The predicted molar refractivity (Wildman–Crippen MR) is 105 cm³/mol. The maximum absolute atomic E-state index is 6.37. The third-order valence-corrected chi connectivity index (χ3v) is 5.91. The Balaban J connectivity index is 1.49. The van der Waals surface area contributed by atoms with E-state index in [1.165, 1.54) is 11.1 Å². The number of thiazole rings is 1. The Hall–Kier alpha value is -1.88. The van der Waals surface area contributed by atoms with Crippen molar-refractivity contribution in [3.05, 3.63) is 80.0 Å². The fourth-order valence-electron chi connectivity index (χ4n) is 2.83. The molecule has 0 fully saturated rings. The smallest absolute Gasteiger partial charge is 0.143 e. The number of hydrogen-bond acceptors (Lipinski definition) is 3. The lowest BCUT2D eigenvalue weighted by Gasteiger charge is -1.99. The second kappa shape index (κ2) is 7.16. The molecular weight excluding hydrogens is 373 g/mol. The summed E-state index contributed by atoms with van der Waals surface area (Å²) >= 11 is 14.0. The van der Waals surface area contributed by atoms with Crippen molar-refractivity contribution in [3.63, 3.8) is 0 Å². The van der Waals surface area contributed by atoms with E-state index in [4.69, 9.17) is 23.2 Å². The number of H-pyrrole nitrogens is 1. The lowest BCUT2D eigenvalue weighted by atomic mass is 10.1. The zero-order valence-electron chi connectivity index (χ0n) is 13.3. The first-order valence-corrected chi connectivity index (χ1v) is 9.56. The SMILES string of the molecule is Clc1ccc(CCc2nc(Cl)c(Cc3c[nH]c4ncccc34)s2)cc1. The quantitative estimate of drug-likeness (QED) is 0.476. The molecule has 4 aromatic rings. The van der Waals surface area contributed by atoms with Crippen molar-refractivity contribution >= 4 is 45.6 Å². The van der Waals surface area contributed by atoms with Gasteiger partial charge in [0.1, 0.15) is 10.8 Å². The first-order chi connectivity index (χ1) is 12.2. The lowest BCUT2D eigenvalue weighted by Crippen LogP contribution is -1.89. The summed E-state index contributed by atoms with van der Waals surface area (Å²) in [5.74, 6) is 0. The summed E-state index contributed by atoms with van der Waals surface area (Å²) in [7, 11) is 0. The van der Waals surface area contributed by atoms with Crippen molar-refractivity contribution in [2.45, 2.75) is 19.3 Å². The molecule has 0 aliphatic rings. The fourth-order valence-corrected chi connectivity index (χ4v) is 4.27. The average molecular weight is 388 g/mol. The number of fused-ring (bicyclic) bond motifs is 1. The van der Waals surface area contributed by atoms with Gasteiger partial charge in [-0.25, -0.2) is 9.97 Å². The molecule has 6 heteroatoms. The molecule has 3 heterocycles. The number of pyridine rings is 1. The van der Waals surface area contributed by atoms with Crippen LogP contribution in [0.5, 0.6) is 0 Å². The van der Waals surface area contributed by atoms with Crippen LogP contribution in [0.1, 0.15) is 21.0 Å². The summed E-state index contributed by atoms with van der Waals surface area (Å²) in [6.07, 6.45) is 6.36. The summed E-state index contributed by atoms with van der Waals surface area (Å²) in [6, 6.07) is 12.0. The van der Waals surface area contributed by atoms with Gasteiger partial charge in [0.15, 0.2) is 0 Å². The van der Waals surface area contributed by atoms with Gasteiger partial charge in [-0.15, -0.1) is 11.3 Å². The molecule has 0 aliphatic carbocycles. The van der Waals surface area contributed by atoms with Crippen LogP contribution < -0.4 is 0 Å². The Morgan fingerprint density at radius 3 is 2.72 bits per heavy atom. The predicted octanol–water partition coefficient (Wildman–Crippen LogP) is 5.70. The third kappa shape index (κ3) is 3.71. The molecule has 0 spiro atoms. The maximum atomic E-state index is 6.37. The van der Waals surface area contributed by atoms with Gasteiger partial charge in [-0.2, -0.15) is 0 Å². The van der Waals surface area contributed by atoms with E-state index in [9.17, 15) is 0 Å². The monoisotopic (exact) mass is 387 g/mol. The van der Waals surface area contributed by atoms with Crippen molar-refractivity contribution in [2.75, 3.05) is 0 Å². The number of rotatable bonds is 5. The molecule has 126 valence electrons. The third-order valence-electron chi connectivity index (χ3n) is 4.12. The van der Waals surface area contributed by atoms with Crippen molar-refractivity contribution in [3.8, 4) is 0 Å². The number of nitrogens with zero attached hydrogens (tertiary/aromatic N) is 2. The van der Waals surface area contributed by atoms with Crippen molar-refractivity contribution in [1.82, 2.24) is 15.0 Å². The molecule has 0 bridgehead atoms. The first-order valence-electron chi connectivity index (χ1n) is 7.98. The number of halogens is 2. The lowest BCUT2D eigenvalue weighted by molar-refractivity contribution is 0.944. The fraction of sp³-hybridized carbons (Fsp3) is 0.158. The van der Waals surface area contributed by atoms with Crippen LogP contribution in [0.25, 0.3) is 11.0 Å². The van der Waals surface area contributed by atoms with E-state index >= 15 is 0 Å². The Labute approximate surface area is 159 Å².